The van der Waals surface area contributed by atoms with Crippen LogP contribution in [0.15, 0.2) is 24.3 Å². The van der Waals surface area contributed by atoms with E-state index >= 15 is 0 Å². The number of nitrogens with zero attached hydrogens (tertiary/aromatic N) is 1. The summed E-state index contributed by atoms with van der Waals surface area (Å²) >= 11 is 0. The first-order valence-corrected chi connectivity index (χ1v) is 7.92. The monoisotopic (exact) mass is 276 g/mol. The number of hydrogen-bond acceptors (Lipinski definition) is 3. The first kappa shape index (κ1) is 15.3. The van der Waals surface area contributed by atoms with Gasteiger partial charge in [-0.3, -0.25) is 0 Å². The van der Waals surface area contributed by atoms with Gasteiger partial charge in [0.1, 0.15) is 0 Å². The normalized spacial score (nSPS) is 24.1. The lowest BCUT2D eigenvalue weighted by molar-refractivity contribution is 0.245. The number of rotatable bonds is 6. The second-order valence-corrected chi connectivity index (χ2v) is 5.82. The van der Waals surface area contributed by atoms with Crippen LogP contribution in [0.2, 0.25) is 0 Å². The number of aliphatic hydroxyl groups excluding tert-OH is 1. The van der Waals surface area contributed by atoms with Gasteiger partial charge in [-0.2, -0.15) is 0 Å². The Kier molecular flexibility index (Phi) is 5.44. The highest BCUT2D eigenvalue weighted by Gasteiger charge is 2.30. The van der Waals surface area contributed by atoms with Crippen molar-refractivity contribution in [2.75, 3.05) is 24.6 Å². The van der Waals surface area contributed by atoms with Gasteiger partial charge in [-0.15, -0.1) is 0 Å². The first-order chi connectivity index (χ1) is 9.71. The molecule has 1 aliphatic rings. The van der Waals surface area contributed by atoms with E-state index in [2.05, 4.69) is 55.3 Å². The molecule has 0 bridgehead atoms. The molecular formula is C17H28N2O. The summed E-state index contributed by atoms with van der Waals surface area (Å²) in [7, 11) is 0. The van der Waals surface area contributed by atoms with Gasteiger partial charge in [-0.1, -0.05) is 32.9 Å². The Morgan fingerprint density at radius 2 is 2.00 bits per heavy atom. The molecule has 1 aliphatic heterocycles. The van der Waals surface area contributed by atoms with Gasteiger partial charge >= 0.3 is 0 Å². The van der Waals surface area contributed by atoms with Gasteiger partial charge in [0, 0.05) is 18.3 Å². The molecule has 1 heterocycles. The summed E-state index contributed by atoms with van der Waals surface area (Å²) in [6.07, 6.45) is 2.27. The third-order valence-corrected chi connectivity index (χ3v) is 4.56. The minimum absolute atomic E-state index is 0.248. The van der Waals surface area contributed by atoms with E-state index in [0.29, 0.717) is 12.0 Å². The summed E-state index contributed by atoms with van der Waals surface area (Å²) in [6.45, 7) is 8.89. The predicted octanol–water partition coefficient (Wildman–Crippen LogP) is 2.95. The third-order valence-electron chi connectivity index (χ3n) is 4.56. The quantitative estimate of drug-likeness (QED) is 0.838. The second-order valence-electron chi connectivity index (χ2n) is 5.82. The van der Waals surface area contributed by atoms with Crippen molar-refractivity contribution in [2.45, 2.75) is 45.7 Å². The van der Waals surface area contributed by atoms with Gasteiger partial charge in [0.15, 0.2) is 0 Å². The molecule has 3 heteroatoms. The van der Waals surface area contributed by atoms with Crippen LogP contribution in [0.3, 0.4) is 0 Å². The fourth-order valence-electron chi connectivity index (χ4n) is 3.25. The Bertz CT molecular complexity index is 404. The Balaban J connectivity index is 2.11. The standard InChI is InChI=1S/C17H28N2O/c1-4-16(18-5-2)14-6-8-15(9-7-14)19-11-10-13(3)17(19)12-20/h6-9,13,16-18,20H,4-5,10-12H2,1-3H3. The Morgan fingerprint density at radius 1 is 1.30 bits per heavy atom. The molecule has 1 fully saturated rings. The predicted molar refractivity (Wildman–Crippen MR) is 85.2 cm³/mol. The van der Waals surface area contributed by atoms with E-state index in [4.69, 9.17) is 0 Å². The minimum atomic E-state index is 0.248. The van der Waals surface area contributed by atoms with Gasteiger partial charge in [0.25, 0.3) is 0 Å². The van der Waals surface area contributed by atoms with Crippen LogP contribution in [0.1, 0.15) is 45.2 Å². The zero-order valence-corrected chi connectivity index (χ0v) is 13.0. The average Bonchev–Trinajstić information content (AvgIpc) is 2.86. The van der Waals surface area contributed by atoms with Gasteiger partial charge in [0.05, 0.1) is 12.6 Å². The highest BCUT2D eigenvalue weighted by Crippen LogP contribution is 2.30. The van der Waals surface area contributed by atoms with Crippen molar-refractivity contribution in [1.29, 1.82) is 0 Å². The third kappa shape index (κ3) is 3.15. The van der Waals surface area contributed by atoms with E-state index in [-0.39, 0.29) is 12.6 Å². The second kappa shape index (κ2) is 7.09. The molecular weight excluding hydrogens is 248 g/mol. The highest BCUT2D eigenvalue weighted by atomic mass is 16.3. The van der Waals surface area contributed by atoms with Gasteiger partial charge in [0.2, 0.25) is 0 Å². The molecule has 1 aromatic rings. The summed E-state index contributed by atoms with van der Waals surface area (Å²) in [5.41, 5.74) is 2.59. The Hall–Kier alpha value is -1.06. The van der Waals surface area contributed by atoms with Crippen molar-refractivity contribution in [2.24, 2.45) is 5.92 Å². The molecule has 112 valence electrons. The molecule has 20 heavy (non-hydrogen) atoms. The molecule has 0 saturated carbocycles. The Labute approximate surface area is 123 Å². The molecule has 0 radical (unpaired) electrons. The SMILES string of the molecule is CCNC(CC)c1ccc(N2CCC(C)C2CO)cc1. The fraction of sp³-hybridized carbons (Fsp3) is 0.647. The van der Waals surface area contributed by atoms with Crippen LogP contribution in [0, 0.1) is 5.92 Å². The number of aliphatic hydroxyl groups is 1. The van der Waals surface area contributed by atoms with Gasteiger partial charge in [-0.25, -0.2) is 0 Å². The molecule has 1 aromatic carbocycles. The maximum Gasteiger partial charge on any atom is 0.0637 e. The average molecular weight is 276 g/mol. The summed E-state index contributed by atoms with van der Waals surface area (Å²) in [5, 5.41) is 13.1. The van der Waals surface area contributed by atoms with Crippen LogP contribution in [0.25, 0.3) is 0 Å². The molecule has 3 unspecified atom stereocenters. The van der Waals surface area contributed by atoms with Gasteiger partial charge in [-0.05, 0) is 43.0 Å². The van der Waals surface area contributed by atoms with Crippen LogP contribution < -0.4 is 10.2 Å². The molecule has 0 spiro atoms. The number of anilines is 1. The summed E-state index contributed by atoms with van der Waals surface area (Å²) in [6, 6.07) is 9.58. The van der Waals surface area contributed by atoms with E-state index in [1.54, 1.807) is 0 Å². The fourth-order valence-corrected chi connectivity index (χ4v) is 3.25. The van der Waals surface area contributed by atoms with E-state index in [0.717, 1.165) is 19.5 Å². The van der Waals surface area contributed by atoms with E-state index < -0.39 is 0 Å². The molecule has 1 saturated heterocycles. The molecule has 0 amide bonds. The van der Waals surface area contributed by atoms with Crippen molar-refractivity contribution in [3.8, 4) is 0 Å². The lowest BCUT2D eigenvalue weighted by atomic mass is 10.0. The molecule has 3 nitrogen and oxygen atoms in total. The molecule has 0 aliphatic carbocycles. The zero-order chi connectivity index (χ0) is 14.5. The maximum absolute atomic E-state index is 9.57. The molecule has 3 atom stereocenters. The summed E-state index contributed by atoms with van der Waals surface area (Å²) in [5.74, 6) is 0.574. The van der Waals surface area contributed by atoms with Crippen LogP contribution >= 0.6 is 0 Å². The summed E-state index contributed by atoms with van der Waals surface area (Å²) in [4.78, 5) is 2.35. The van der Waals surface area contributed by atoms with Crippen molar-refractivity contribution < 1.29 is 5.11 Å². The summed E-state index contributed by atoms with van der Waals surface area (Å²) < 4.78 is 0. The molecule has 2 rings (SSSR count). The maximum atomic E-state index is 9.57. The zero-order valence-electron chi connectivity index (χ0n) is 13.0. The van der Waals surface area contributed by atoms with Crippen molar-refractivity contribution >= 4 is 5.69 Å². The lowest BCUT2D eigenvalue weighted by Gasteiger charge is -2.28. The van der Waals surface area contributed by atoms with Crippen molar-refractivity contribution in [1.82, 2.24) is 5.32 Å². The van der Waals surface area contributed by atoms with E-state index in [1.807, 2.05) is 0 Å². The van der Waals surface area contributed by atoms with Crippen LogP contribution in [-0.2, 0) is 0 Å². The van der Waals surface area contributed by atoms with E-state index in [9.17, 15) is 5.11 Å². The molecule has 2 N–H and O–H groups in total. The Morgan fingerprint density at radius 3 is 2.55 bits per heavy atom. The van der Waals surface area contributed by atoms with Crippen LogP contribution in [0.4, 0.5) is 5.69 Å². The number of nitrogens with one attached hydrogen (secondary N) is 1. The smallest absolute Gasteiger partial charge is 0.0637 e. The first-order valence-electron chi connectivity index (χ1n) is 7.92. The molecule has 0 aromatic heterocycles. The highest BCUT2D eigenvalue weighted by molar-refractivity contribution is 5.50. The lowest BCUT2D eigenvalue weighted by Crippen LogP contribution is -2.35. The van der Waals surface area contributed by atoms with Crippen molar-refractivity contribution in [3.63, 3.8) is 0 Å². The topological polar surface area (TPSA) is 35.5 Å². The van der Waals surface area contributed by atoms with Gasteiger partial charge < -0.3 is 15.3 Å². The van der Waals surface area contributed by atoms with Crippen LogP contribution in [-0.4, -0.2) is 30.8 Å². The number of hydrogen-bond donors (Lipinski definition) is 2. The van der Waals surface area contributed by atoms with Crippen molar-refractivity contribution in [3.05, 3.63) is 29.8 Å². The van der Waals surface area contributed by atoms with E-state index in [1.165, 1.54) is 17.7 Å². The number of benzene rings is 1. The minimum Gasteiger partial charge on any atom is -0.394 e. The largest absolute Gasteiger partial charge is 0.394 e. The van der Waals surface area contributed by atoms with Crippen LogP contribution in [0.5, 0.6) is 0 Å².